The maximum absolute atomic E-state index is 11.2. The van der Waals surface area contributed by atoms with Crippen molar-refractivity contribution in [3.8, 4) is 0 Å². The topological polar surface area (TPSA) is 33.1 Å². The van der Waals surface area contributed by atoms with Crippen molar-refractivity contribution in [1.82, 2.24) is 4.98 Å². The van der Waals surface area contributed by atoms with Gasteiger partial charge < -0.3 is 5.11 Å². The molecule has 20 heavy (non-hydrogen) atoms. The Morgan fingerprint density at radius 2 is 1.70 bits per heavy atom. The van der Waals surface area contributed by atoms with Crippen molar-refractivity contribution < 1.29 is 5.11 Å². The predicted molar refractivity (Wildman–Crippen MR) is 84.5 cm³/mol. The molecule has 0 saturated heterocycles. The third-order valence-corrected chi connectivity index (χ3v) is 3.63. The summed E-state index contributed by atoms with van der Waals surface area (Å²) in [7, 11) is 0. The molecule has 0 fully saturated rings. The Morgan fingerprint density at radius 3 is 2.30 bits per heavy atom. The minimum absolute atomic E-state index is 0.461. The Hall–Kier alpha value is -1.41. The summed E-state index contributed by atoms with van der Waals surface area (Å²) in [5.74, 6) is 0.923. The van der Waals surface area contributed by atoms with E-state index >= 15 is 0 Å². The second-order valence-corrected chi connectivity index (χ2v) is 6.64. The van der Waals surface area contributed by atoms with Crippen molar-refractivity contribution in [3.63, 3.8) is 0 Å². The molecule has 1 aromatic heterocycles. The van der Waals surface area contributed by atoms with Crippen molar-refractivity contribution in [2.75, 3.05) is 0 Å². The first-order valence-electron chi connectivity index (χ1n) is 7.48. The highest BCUT2D eigenvalue weighted by Crippen LogP contribution is 2.35. The minimum atomic E-state index is -0.744. The molecule has 0 aliphatic heterocycles. The Balaban J connectivity index is 2.44. The first kappa shape index (κ1) is 15.0. The van der Waals surface area contributed by atoms with E-state index in [0.717, 1.165) is 29.3 Å². The zero-order chi connectivity index (χ0) is 14.8. The molecular weight excluding hydrogens is 246 g/mol. The fourth-order valence-corrected chi connectivity index (χ4v) is 3.03. The van der Waals surface area contributed by atoms with Crippen LogP contribution in [0.1, 0.15) is 46.1 Å². The summed E-state index contributed by atoms with van der Waals surface area (Å²) in [6.07, 6.45) is 3.38. The number of rotatable bonds is 5. The zero-order valence-corrected chi connectivity index (χ0v) is 12.9. The summed E-state index contributed by atoms with van der Waals surface area (Å²) in [5.41, 5.74) is 1.25. The van der Waals surface area contributed by atoms with Gasteiger partial charge in [0.1, 0.15) is 0 Å². The van der Waals surface area contributed by atoms with E-state index in [2.05, 4.69) is 44.8 Å². The maximum Gasteiger partial charge on any atom is 0.0901 e. The van der Waals surface area contributed by atoms with E-state index in [9.17, 15) is 5.11 Å². The number of aliphatic hydroxyl groups is 1. The minimum Gasteiger partial charge on any atom is -0.385 e. The Labute approximate surface area is 121 Å². The van der Waals surface area contributed by atoms with Gasteiger partial charge in [0.25, 0.3) is 0 Å². The molecule has 1 aromatic carbocycles. The molecule has 1 N–H and O–H groups in total. The zero-order valence-electron chi connectivity index (χ0n) is 12.9. The molecule has 0 aliphatic rings. The van der Waals surface area contributed by atoms with Crippen LogP contribution < -0.4 is 0 Å². The van der Waals surface area contributed by atoms with Crippen molar-refractivity contribution in [2.45, 2.75) is 46.1 Å². The van der Waals surface area contributed by atoms with Crippen LogP contribution in [0.3, 0.4) is 0 Å². The van der Waals surface area contributed by atoms with E-state index in [1.54, 1.807) is 6.20 Å². The van der Waals surface area contributed by atoms with E-state index in [1.165, 1.54) is 0 Å². The molecule has 0 aliphatic carbocycles. The molecule has 2 heteroatoms. The number of fused-ring (bicyclic) bond motifs is 1. The van der Waals surface area contributed by atoms with Gasteiger partial charge in [-0.3, -0.25) is 4.98 Å². The van der Waals surface area contributed by atoms with Crippen molar-refractivity contribution in [2.24, 2.45) is 11.8 Å². The van der Waals surface area contributed by atoms with Gasteiger partial charge in [0.15, 0.2) is 0 Å². The smallest absolute Gasteiger partial charge is 0.0901 e. The van der Waals surface area contributed by atoms with Crippen molar-refractivity contribution in [3.05, 3.63) is 42.1 Å². The molecule has 2 rings (SSSR count). The van der Waals surface area contributed by atoms with Crippen LogP contribution >= 0.6 is 0 Å². The Bertz CT molecular complexity index is 564. The number of pyridine rings is 1. The third kappa shape index (κ3) is 3.37. The largest absolute Gasteiger partial charge is 0.385 e. The fraction of sp³-hybridized carbons (Fsp3) is 0.500. The number of nitrogens with zero attached hydrogens (tertiary/aromatic N) is 1. The Morgan fingerprint density at radius 1 is 1.05 bits per heavy atom. The van der Waals surface area contributed by atoms with Gasteiger partial charge in [-0.25, -0.2) is 0 Å². The van der Waals surface area contributed by atoms with Gasteiger partial charge in [0.2, 0.25) is 0 Å². The van der Waals surface area contributed by atoms with Gasteiger partial charge in [-0.1, -0.05) is 39.8 Å². The molecule has 0 radical (unpaired) electrons. The third-order valence-electron chi connectivity index (χ3n) is 3.63. The van der Waals surface area contributed by atoms with E-state index < -0.39 is 5.60 Å². The van der Waals surface area contributed by atoms with Crippen LogP contribution in [0.5, 0.6) is 0 Å². The summed E-state index contributed by atoms with van der Waals surface area (Å²) in [4.78, 5) is 4.34. The molecule has 0 bridgehead atoms. The second-order valence-electron chi connectivity index (χ2n) is 6.64. The quantitative estimate of drug-likeness (QED) is 0.867. The van der Waals surface area contributed by atoms with Gasteiger partial charge in [0.05, 0.1) is 11.1 Å². The van der Waals surface area contributed by atoms with Crippen molar-refractivity contribution >= 4 is 10.9 Å². The number of benzene rings is 1. The van der Waals surface area contributed by atoms with E-state index in [0.29, 0.717) is 11.8 Å². The summed E-state index contributed by atoms with van der Waals surface area (Å²) in [6, 6.07) is 10.1. The van der Waals surface area contributed by atoms with Crippen LogP contribution in [0, 0.1) is 11.8 Å². The summed E-state index contributed by atoms with van der Waals surface area (Å²) < 4.78 is 0. The average molecular weight is 271 g/mol. The lowest BCUT2D eigenvalue weighted by Crippen LogP contribution is -2.29. The SMILES string of the molecule is CC(C)CC(O)(CC(C)C)c1ccc2ncccc2c1. The highest BCUT2D eigenvalue weighted by Gasteiger charge is 2.31. The predicted octanol–water partition coefficient (Wildman–Crippen LogP) is 4.51. The van der Waals surface area contributed by atoms with Crippen LogP contribution in [0.25, 0.3) is 10.9 Å². The molecule has 0 spiro atoms. The lowest BCUT2D eigenvalue weighted by molar-refractivity contribution is -0.00438. The molecule has 2 aromatic rings. The first-order valence-corrected chi connectivity index (χ1v) is 7.48. The molecule has 0 amide bonds. The molecule has 0 unspecified atom stereocenters. The van der Waals surface area contributed by atoms with Crippen LogP contribution in [0.2, 0.25) is 0 Å². The van der Waals surface area contributed by atoms with Gasteiger partial charge >= 0.3 is 0 Å². The highest BCUT2D eigenvalue weighted by atomic mass is 16.3. The molecule has 108 valence electrons. The lowest BCUT2D eigenvalue weighted by atomic mass is 9.79. The normalized spacial score (nSPS) is 12.6. The summed E-state index contributed by atoms with van der Waals surface area (Å²) >= 11 is 0. The number of hydrogen-bond acceptors (Lipinski definition) is 2. The van der Waals surface area contributed by atoms with E-state index in [4.69, 9.17) is 0 Å². The Kier molecular flexibility index (Phi) is 4.44. The monoisotopic (exact) mass is 271 g/mol. The highest BCUT2D eigenvalue weighted by molar-refractivity contribution is 5.79. The van der Waals surface area contributed by atoms with Crippen molar-refractivity contribution in [1.29, 1.82) is 0 Å². The van der Waals surface area contributed by atoms with Crippen LogP contribution in [-0.4, -0.2) is 10.1 Å². The van der Waals surface area contributed by atoms with E-state index in [1.807, 2.05) is 18.2 Å². The standard InChI is InChI=1S/C18H25NO/c1-13(2)11-18(20,12-14(3)4)16-7-8-17-15(10-16)6-5-9-19-17/h5-10,13-14,20H,11-12H2,1-4H3. The fourth-order valence-electron chi connectivity index (χ4n) is 3.03. The molecule has 0 atom stereocenters. The van der Waals surface area contributed by atoms with Crippen LogP contribution in [-0.2, 0) is 5.60 Å². The summed E-state index contributed by atoms with van der Waals surface area (Å²) in [6.45, 7) is 8.64. The van der Waals surface area contributed by atoms with Gasteiger partial charge in [0, 0.05) is 11.6 Å². The van der Waals surface area contributed by atoms with Gasteiger partial charge in [-0.15, -0.1) is 0 Å². The van der Waals surface area contributed by atoms with Gasteiger partial charge in [-0.2, -0.15) is 0 Å². The van der Waals surface area contributed by atoms with E-state index in [-0.39, 0.29) is 0 Å². The average Bonchev–Trinajstić information content (AvgIpc) is 2.36. The number of aromatic nitrogens is 1. The molecule has 2 nitrogen and oxygen atoms in total. The second kappa shape index (κ2) is 5.92. The maximum atomic E-state index is 11.2. The van der Waals surface area contributed by atoms with Crippen LogP contribution in [0.4, 0.5) is 0 Å². The number of hydrogen-bond donors (Lipinski definition) is 1. The molecule has 1 heterocycles. The summed E-state index contributed by atoms with van der Waals surface area (Å²) in [5, 5.41) is 12.3. The lowest BCUT2D eigenvalue weighted by Gasteiger charge is -2.32. The first-order chi connectivity index (χ1) is 9.40. The molecular formula is C18H25NO. The van der Waals surface area contributed by atoms with Crippen LogP contribution in [0.15, 0.2) is 36.5 Å². The molecule has 0 saturated carbocycles. The van der Waals surface area contributed by atoms with Gasteiger partial charge in [-0.05, 0) is 48.4 Å².